The van der Waals surface area contributed by atoms with E-state index in [2.05, 4.69) is 88.5 Å². The zero-order chi connectivity index (χ0) is 30.0. The van der Waals surface area contributed by atoms with Crippen molar-refractivity contribution in [1.82, 2.24) is 0 Å². The molecule has 38 heavy (non-hydrogen) atoms. The largest absolute Gasteiger partial charge is 0.457 e. The van der Waals surface area contributed by atoms with Gasteiger partial charge in [-0.25, -0.2) is 4.79 Å². The molecule has 1 saturated heterocycles. The molecule has 1 aliphatic heterocycles. The number of ether oxygens (including phenoxy) is 3. The third-order valence-corrected chi connectivity index (χ3v) is 17.2. The van der Waals surface area contributed by atoms with Crippen LogP contribution in [0.3, 0.4) is 0 Å². The van der Waals surface area contributed by atoms with Crippen LogP contribution in [0.15, 0.2) is 12.2 Å². The highest BCUT2D eigenvalue weighted by Crippen LogP contribution is 2.43. The summed E-state index contributed by atoms with van der Waals surface area (Å²) in [6.45, 7) is 34.5. The van der Waals surface area contributed by atoms with Crippen molar-refractivity contribution in [2.45, 2.75) is 174 Å². The number of carbonyl (C=O) groups excluding carboxylic acids is 1. The van der Waals surface area contributed by atoms with Crippen LogP contribution in [0.1, 0.15) is 102 Å². The number of esters is 1. The van der Waals surface area contributed by atoms with Crippen LogP contribution in [0, 0.1) is 0 Å². The number of hydrogen-bond acceptors (Lipinski definition) is 6. The van der Waals surface area contributed by atoms with Crippen LogP contribution in [-0.4, -0.2) is 58.4 Å². The lowest BCUT2D eigenvalue weighted by molar-refractivity contribution is -0.286. The van der Waals surface area contributed by atoms with Gasteiger partial charge >= 0.3 is 5.97 Å². The molecule has 0 aromatic heterocycles. The lowest BCUT2D eigenvalue weighted by Crippen LogP contribution is -2.58. The second-order valence-electron chi connectivity index (χ2n) is 15.6. The quantitative estimate of drug-likeness (QED) is 0.149. The Hall–Kier alpha value is -0.516. The molecular weight excluding hydrogens is 512 g/mol. The van der Waals surface area contributed by atoms with E-state index >= 15 is 0 Å². The first kappa shape index (κ1) is 35.5. The second-order valence-corrected chi connectivity index (χ2v) is 25.1. The lowest BCUT2D eigenvalue weighted by atomic mass is 10.0. The van der Waals surface area contributed by atoms with E-state index in [1.165, 1.54) is 6.08 Å². The fourth-order valence-corrected chi connectivity index (χ4v) is 6.42. The molecule has 1 rings (SSSR count). The molecule has 0 radical (unpaired) electrons. The molecule has 1 aliphatic rings. The van der Waals surface area contributed by atoms with Gasteiger partial charge in [-0.05, 0) is 90.6 Å². The monoisotopic (exact) mass is 572 g/mol. The van der Waals surface area contributed by atoms with Gasteiger partial charge in [0, 0.05) is 12.5 Å². The SMILES string of the molecule is C[C@@H]1O[C@@H](OC(C)(C)CC/C=C/C(=O)OC(C)(C)C)[C@H](O[Si](C)(C)C(C)(C)C)C[C@H]1O[Si](C)(C)C(C)(C)C. The Bertz CT molecular complexity index is 799. The van der Waals surface area contributed by atoms with Gasteiger partial charge in [0.2, 0.25) is 0 Å². The van der Waals surface area contributed by atoms with Crippen molar-refractivity contribution >= 4 is 22.6 Å². The number of allylic oxidation sites excluding steroid dienone is 1. The predicted molar refractivity (Wildman–Crippen MR) is 162 cm³/mol. The first-order valence-corrected chi connectivity index (χ1v) is 20.2. The van der Waals surface area contributed by atoms with Crippen molar-refractivity contribution in [3.8, 4) is 0 Å². The van der Waals surface area contributed by atoms with E-state index in [4.69, 9.17) is 23.1 Å². The summed E-state index contributed by atoms with van der Waals surface area (Å²) in [5, 5.41) is 0.184. The van der Waals surface area contributed by atoms with Crippen LogP contribution in [0.4, 0.5) is 0 Å². The maximum atomic E-state index is 12.0. The summed E-state index contributed by atoms with van der Waals surface area (Å²) in [4.78, 5) is 12.0. The van der Waals surface area contributed by atoms with Gasteiger partial charge in [-0.3, -0.25) is 0 Å². The topological polar surface area (TPSA) is 63.2 Å². The molecule has 0 N–H and O–H groups in total. The summed E-state index contributed by atoms with van der Waals surface area (Å²) in [6, 6.07) is 0. The van der Waals surface area contributed by atoms with Crippen LogP contribution < -0.4 is 0 Å². The van der Waals surface area contributed by atoms with Gasteiger partial charge in [0.05, 0.1) is 23.9 Å². The number of carbonyl (C=O) groups is 1. The molecule has 224 valence electrons. The van der Waals surface area contributed by atoms with Gasteiger partial charge in [-0.2, -0.15) is 0 Å². The standard InChI is InChI=1S/C30H60O6Si2/c1-22-23(35-37(13,14)28(5,6)7)21-24(36-38(15,16)29(8,9)10)26(32-22)34-30(11,12)20-18-17-19-25(31)33-27(2,3)4/h17,19,22-24,26H,18,20-21H2,1-16H3/b19-17+/t22-,23+,24+,26-/m0/s1. The molecule has 1 fully saturated rings. The molecule has 0 amide bonds. The molecule has 0 aliphatic carbocycles. The fraction of sp³-hybridized carbons (Fsp3) is 0.900. The minimum absolute atomic E-state index is 0.0367. The van der Waals surface area contributed by atoms with E-state index in [9.17, 15) is 4.79 Å². The molecule has 6 nitrogen and oxygen atoms in total. The first-order valence-electron chi connectivity index (χ1n) is 14.3. The normalized spacial score (nSPS) is 24.6. The van der Waals surface area contributed by atoms with Crippen LogP contribution in [0.5, 0.6) is 0 Å². The van der Waals surface area contributed by atoms with Gasteiger partial charge in [0.15, 0.2) is 22.9 Å². The predicted octanol–water partition coefficient (Wildman–Crippen LogP) is 8.38. The highest BCUT2D eigenvalue weighted by Gasteiger charge is 2.48. The fourth-order valence-electron chi connectivity index (χ4n) is 3.70. The highest BCUT2D eigenvalue weighted by atomic mass is 28.4. The second kappa shape index (κ2) is 12.6. The molecule has 8 heteroatoms. The summed E-state index contributed by atoms with van der Waals surface area (Å²) >= 11 is 0. The summed E-state index contributed by atoms with van der Waals surface area (Å²) in [7, 11) is -4.07. The van der Waals surface area contributed by atoms with Crippen molar-refractivity contribution in [2.24, 2.45) is 0 Å². The Kier molecular flexibility index (Phi) is 11.7. The number of rotatable bonds is 10. The summed E-state index contributed by atoms with van der Waals surface area (Å²) in [5.41, 5.74) is -0.963. The van der Waals surface area contributed by atoms with Crippen LogP contribution >= 0.6 is 0 Å². The average Bonchev–Trinajstić information content (AvgIpc) is 2.65. The van der Waals surface area contributed by atoms with Crippen molar-refractivity contribution in [3.63, 3.8) is 0 Å². The van der Waals surface area contributed by atoms with Crippen LogP contribution in [0.25, 0.3) is 0 Å². The van der Waals surface area contributed by atoms with Crippen molar-refractivity contribution in [2.75, 3.05) is 0 Å². The Morgan fingerprint density at radius 3 is 1.76 bits per heavy atom. The van der Waals surface area contributed by atoms with E-state index in [1.54, 1.807) is 0 Å². The minimum Gasteiger partial charge on any atom is -0.457 e. The van der Waals surface area contributed by atoms with Crippen molar-refractivity contribution in [1.29, 1.82) is 0 Å². The van der Waals surface area contributed by atoms with E-state index in [-0.39, 0.29) is 34.4 Å². The Labute approximate surface area is 236 Å². The molecule has 0 aromatic rings. The Morgan fingerprint density at radius 2 is 1.32 bits per heavy atom. The smallest absolute Gasteiger partial charge is 0.330 e. The van der Waals surface area contributed by atoms with E-state index in [0.29, 0.717) is 6.42 Å². The van der Waals surface area contributed by atoms with Gasteiger partial charge < -0.3 is 23.1 Å². The Morgan fingerprint density at radius 1 is 0.842 bits per heavy atom. The minimum atomic E-state index is -2.09. The maximum absolute atomic E-state index is 12.0. The third kappa shape index (κ3) is 11.2. The molecule has 0 spiro atoms. The van der Waals surface area contributed by atoms with Gasteiger partial charge in [0.1, 0.15) is 5.60 Å². The van der Waals surface area contributed by atoms with Gasteiger partial charge in [-0.1, -0.05) is 47.6 Å². The summed E-state index contributed by atoms with van der Waals surface area (Å²) < 4.78 is 32.3. The zero-order valence-electron chi connectivity index (χ0n) is 27.5. The van der Waals surface area contributed by atoms with Crippen LogP contribution in [0.2, 0.25) is 36.3 Å². The highest BCUT2D eigenvalue weighted by molar-refractivity contribution is 6.74. The van der Waals surface area contributed by atoms with E-state index < -0.39 is 34.1 Å². The number of hydrogen-bond donors (Lipinski definition) is 0. The van der Waals surface area contributed by atoms with Gasteiger partial charge in [0.25, 0.3) is 0 Å². The van der Waals surface area contributed by atoms with Gasteiger partial charge in [-0.15, -0.1) is 0 Å². The Balaban J connectivity index is 3.04. The lowest BCUT2D eigenvalue weighted by Gasteiger charge is -2.49. The summed E-state index contributed by atoms with van der Waals surface area (Å²) in [6.07, 6.45) is 4.71. The van der Waals surface area contributed by atoms with E-state index in [0.717, 1.165) is 12.8 Å². The molecule has 1 heterocycles. The molecule has 0 bridgehead atoms. The van der Waals surface area contributed by atoms with E-state index in [1.807, 2.05) is 26.8 Å². The maximum Gasteiger partial charge on any atom is 0.330 e. The molecule has 0 aromatic carbocycles. The molecule has 4 atom stereocenters. The zero-order valence-corrected chi connectivity index (χ0v) is 29.5. The van der Waals surface area contributed by atoms with Crippen molar-refractivity contribution < 1.29 is 27.9 Å². The van der Waals surface area contributed by atoms with Crippen molar-refractivity contribution in [3.05, 3.63) is 12.2 Å². The molecule has 0 unspecified atom stereocenters. The third-order valence-electron chi connectivity index (χ3n) is 8.15. The van der Waals surface area contributed by atoms with Crippen LogP contribution in [-0.2, 0) is 27.9 Å². The average molecular weight is 573 g/mol. The molecule has 0 saturated carbocycles. The summed E-state index contributed by atoms with van der Waals surface area (Å²) in [5.74, 6) is -0.323. The molecular formula is C30H60O6Si2. The first-order chi connectivity index (χ1) is 16.8.